The van der Waals surface area contributed by atoms with Gasteiger partial charge in [0.15, 0.2) is 0 Å². The lowest BCUT2D eigenvalue weighted by Crippen LogP contribution is -1.97. The summed E-state index contributed by atoms with van der Waals surface area (Å²) in [5.41, 5.74) is 0.398. The minimum atomic E-state index is -4.20. The maximum absolute atomic E-state index is 10.8. The molecule has 0 aliphatic heterocycles. The van der Waals surface area contributed by atoms with Crippen molar-refractivity contribution in [1.82, 2.24) is 5.16 Å². The van der Waals surface area contributed by atoms with Crippen LogP contribution in [-0.4, -0.2) is 18.1 Å². The summed E-state index contributed by atoms with van der Waals surface area (Å²) < 4.78 is 35.0. The predicted molar refractivity (Wildman–Crippen MR) is 43.8 cm³/mol. The van der Waals surface area contributed by atoms with Gasteiger partial charge in [-0.25, -0.2) is 0 Å². The first-order valence-electron chi connectivity index (χ1n) is 3.39. The molecule has 2 aromatic rings. The molecule has 0 fully saturated rings. The van der Waals surface area contributed by atoms with Gasteiger partial charge in [-0.1, -0.05) is 11.2 Å². The molecule has 0 amide bonds. The van der Waals surface area contributed by atoms with Crippen molar-refractivity contribution in [2.75, 3.05) is 0 Å². The van der Waals surface area contributed by atoms with Gasteiger partial charge < -0.3 is 4.52 Å². The second-order valence-electron chi connectivity index (χ2n) is 2.48. The second-order valence-corrected chi connectivity index (χ2v) is 3.87. The first kappa shape index (κ1) is 8.21. The average molecular weight is 199 g/mol. The molecule has 0 saturated heterocycles. The van der Waals surface area contributed by atoms with E-state index in [9.17, 15) is 8.42 Å². The molecule has 0 radical (unpaired) electrons. The highest BCUT2D eigenvalue weighted by molar-refractivity contribution is 7.86. The zero-order valence-electron chi connectivity index (χ0n) is 6.34. The molecule has 0 saturated carbocycles. The SMILES string of the molecule is O=S(=O)(O)c1cccc2nocc12. The Morgan fingerprint density at radius 1 is 1.38 bits per heavy atom. The Morgan fingerprint density at radius 3 is 2.85 bits per heavy atom. The average Bonchev–Trinajstić information content (AvgIpc) is 2.48. The van der Waals surface area contributed by atoms with Crippen LogP contribution in [0.15, 0.2) is 33.9 Å². The van der Waals surface area contributed by atoms with Crippen LogP contribution in [0.3, 0.4) is 0 Å². The lowest BCUT2D eigenvalue weighted by atomic mass is 10.3. The lowest BCUT2D eigenvalue weighted by molar-refractivity contribution is 0.428. The largest absolute Gasteiger partial charge is 0.363 e. The van der Waals surface area contributed by atoms with E-state index in [0.717, 1.165) is 0 Å². The van der Waals surface area contributed by atoms with Crippen molar-refractivity contribution in [2.45, 2.75) is 4.90 Å². The van der Waals surface area contributed by atoms with E-state index >= 15 is 0 Å². The number of hydrogen-bond acceptors (Lipinski definition) is 4. The maximum atomic E-state index is 10.8. The van der Waals surface area contributed by atoms with Crippen molar-refractivity contribution in [1.29, 1.82) is 0 Å². The fourth-order valence-corrected chi connectivity index (χ4v) is 1.77. The maximum Gasteiger partial charge on any atom is 0.295 e. The van der Waals surface area contributed by atoms with Gasteiger partial charge in [-0.05, 0) is 12.1 Å². The topological polar surface area (TPSA) is 80.4 Å². The van der Waals surface area contributed by atoms with E-state index < -0.39 is 10.1 Å². The summed E-state index contributed by atoms with van der Waals surface area (Å²) in [4.78, 5) is -0.189. The highest BCUT2D eigenvalue weighted by Gasteiger charge is 2.14. The highest BCUT2D eigenvalue weighted by atomic mass is 32.2. The number of benzene rings is 1. The van der Waals surface area contributed by atoms with Gasteiger partial charge in [0, 0.05) is 0 Å². The summed E-state index contributed by atoms with van der Waals surface area (Å²) in [5, 5.41) is 3.82. The van der Waals surface area contributed by atoms with Crippen LogP contribution >= 0.6 is 0 Å². The van der Waals surface area contributed by atoms with Crippen LogP contribution in [0.5, 0.6) is 0 Å². The third-order valence-electron chi connectivity index (χ3n) is 1.64. The van der Waals surface area contributed by atoms with Gasteiger partial charge in [-0.15, -0.1) is 0 Å². The minimum absolute atomic E-state index is 0.189. The smallest absolute Gasteiger partial charge is 0.295 e. The molecule has 1 aromatic carbocycles. The summed E-state index contributed by atoms with van der Waals surface area (Å²) in [7, 11) is -4.20. The molecule has 0 aliphatic rings. The van der Waals surface area contributed by atoms with E-state index in [1.807, 2.05) is 0 Å². The van der Waals surface area contributed by atoms with Gasteiger partial charge in [0.25, 0.3) is 10.1 Å². The van der Waals surface area contributed by atoms with Crippen LogP contribution < -0.4 is 0 Å². The monoisotopic (exact) mass is 199 g/mol. The highest BCUT2D eigenvalue weighted by Crippen LogP contribution is 2.21. The van der Waals surface area contributed by atoms with Crippen LogP contribution in [0.2, 0.25) is 0 Å². The fraction of sp³-hybridized carbons (Fsp3) is 0. The molecule has 68 valence electrons. The van der Waals surface area contributed by atoms with Crippen molar-refractivity contribution in [3.8, 4) is 0 Å². The van der Waals surface area contributed by atoms with E-state index in [-0.39, 0.29) is 10.3 Å². The molecule has 6 heteroatoms. The Hall–Kier alpha value is -1.40. The predicted octanol–water partition coefficient (Wildman–Crippen LogP) is 1.07. The Morgan fingerprint density at radius 2 is 2.15 bits per heavy atom. The number of hydrogen-bond donors (Lipinski definition) is 1. The molecule has 1 N–H and O–H groups in total. The molecule has 0 aliphatic carbocycles. The van der Waals surface area contributed by atoms with Gasteiger partial charge >= 0.3 is 0 Å². The summed E-state index contributed by atoms with van der Waals surface area (Å²) in [6.07, 6.45) is 1.18. The van der Waals surface area contributed by atoms with E-state index in [2.05, 4.69) is 9.68 Å². The molecule has 0 atom stereocenters. The normalized spacial score (nSPS) is 12.1. The molecule has 1 aromatic heterocycles. The zero-order valence-corrected chi connectivity index (χ0v) is 7.15. The Kier molecular flexibility index (Phi) is 1.61. The Balaban J connectivity index is 2.91. The first-order valence-corrected chi connectivity index (χ1v) is 4.83. The van der Waals surface area contributed by atoms with Crippen LogP contribution in [0.25, 0.3) is 10.9 Å². The standard InChI is InChI=1S/C7H5NO4S/c9-13(10,11)7-3-1-2-6-5(7)4-12-8-6/h1-4H,(H,9,10,11). The second kappa shape index (κ2) is 2.54. The minimum Gasteiger partial charge on any atom is -0.363 e. The van der Waals surface area contributed by atoms with E-state index in [1.165, 1.54) is 18.4 Å². The van der Waals surface area contributed by atoms with Crippen molar-refractivity contribution in [3.63, 3.8) is 0 Å². The quantitative estimate of drug-likeness (QED) is 0.695. The molecular weight excluding hydrogens is 194 g/mol. The fourth-order valence-electron chi connectivity index (χ4n) is 1.09. The Labute approximate surface area is 73.7 Å². The number of rotatable bonds is 1. The summed E-state index contributed by atoms with van der Waals surface area (Å²) in [6.45, 7) is 0. The van der Waals surface area contributed by atoms with Crippen molar-refractivity contribution < 1.29 is 17.5 Å². The van der Waals surface area contributed by atoms with Crippen LogP contribution in [0.4, 0.5) is 0 Å². The van der Waals surface area contributed by atoms with Crippen molar-refractivity contribution >= 4 is 21.0 Å². The van der Waals surface area contributed by atoms with Crippen molar-refractivity contribution in [3.05, 3.63) is 24.5 Å². The lowest BCUT2D eigenvalue weighted by Gasteiger charge is -1.95. The number of fused-ring (bicyclic) bond motifs is 1. The van der Waals surface area contributed by atoms with E-state index in [1.54, 1.807) is 6.07 Å². The number of aromatic nitrogens is 1. The molecule has 0 spiro atoms. The third-order valence-corrected chi connectivity index (χ3v) is 2.55. The summed E-state index contributed by atoms with van der Waals surface area (Å²) in [5.74, 6) is 0. The van der Waals surface area contributed by atoms with Gasteiger partial charge in [-0.3, -0.25) is 4.55 Å². The molecule has 2 rings (SSSR count). The van der Waals surface area contributed by atoms with Crippen LogP contribution in [0, 0.1) is 0 Å². The van der Waals surface area contributed by atoms with Crippen LogP contribution in [-0.2, 0) is 10.1 Å². The first-order chi connectivity index (χ1) is 6.09. The Bertz CT molecular complexity index is 542. The molecule has 0 bridgehead atoms. The van der Waals surface area contributed by atoms with Gasteiger partial charge in [-0.2, -0.15) is 8.42 Å². The third kappa shape index (κ3) is 1.30. The molecule has 13 heavy (non-hydrogen) atoms. The van der Waals surface area contributed by atoms with Crippen molar-refractivity contribution in [2.24, 2.45) is 0 Å². The van der Waals surface area contributed by atoms with Crippen LogP contribution in [0.1, 0.15) is 0 Å². The van der Waals surface area contributed by atoms with Gasteiger partial charge in [0.05, 0.1) is 5.39 Å². The summed E-state index contributed by atoms with van der Waals surface area (Å²) >= 11 is 0. The molecule has 0 unspecified atom stereocenters. The zero-order chi connectivity index (χ0) is 9.47. The van der Waals surface area contributed by atoms with Gasteiger partial charge in [0.2, 0.25) is 0 Å². The molecular formula is C7H5NO4S. The van der Waals surface area contributed by atoms with E-state index in [0.29, 0.717) is 5.52 Å². The molecule has 1 heterocycles. The summed E-state index contributed by atoms with van der Waals surface area (Å²) in [6, 6.07) is 4.36. The molecule has 5 nitrogen and oxygen atoms in total. The van der Waals surface area contributed by atoms with Gasteiger partial charge in [0.1, 0.15) is 16.7 Å². The van der Waals surface area contributed by atoms with E-state index in [4.69, 9.17) is 4.55 Å². The number of nitrogens with zero attached hydrogens (tertiary/aromatic N) is 1.